The Bertz CT molecular complexity index is 196. The quantitative estimate of drug-likeness (QED) is 0.359. The van der Waals surface area contributed by atoms with E-state index < -0.39 is 0 Å². The monoisotopic (exact) mass is 182 g/mol. The molecule has 0 amide bonds. The van der Waals surface area contributed by atoms with E-state index >= 15 is 0 Å². The van der Waals surface area contributed by atoms with Crippen molar-refractivity contribution in [3.63, 3.8) is 0 Å². The Hall–Kier alpha value is -0.630. The van der Waals surface area contributed by atoms with Crippen LogP contribution in [0.25, 0.3) is 0 Å². The molecule has 1 heterocycles. The highest BCUT2D eigenvalue weighted by atomic mass is 16.6. The van der Waals surface area contributed by atoms with Gasteiger partial charge in [-0.3, -0.25) is 4.79 Å². The predicted molar refractivity (Wildman–Crippen MR) is 52.6 cm³/mol. The molecule has 0 aromatic heterocycles. The molecule has 74 valence electrons. The fourth-order valence-electron chi connectivity index (χ4n) is 1.54. The Labute approximate surface area is 80.0 Å². The fraction of sp³-hybridized carbons (Fsp3) is 0.727. The number of hydrogen-bond donors (Lipinski definition) is 0. The highest BCUT2D eigenvalue weighted by Gasteiger charge is 2.36. The van der Waals surface area contributed by atoms with Crippen LogP contribution < -0.4 is 0 Å². The van der Waals surface area contributed by atoms with Gasteiger partial charge in [0.1, 0.15) is 6.29 Å². The Morgan fingerprint density at radius 3 is 2.69 bits per heavy atom. The van der Waals surface area contributed by atoms with E-state index in [2.05, 4.69) is 6.92 Å². The Balaban J connectivity index is 2.08. The Morgan fingerprint density at radius 2 is 2.08 bits per heavy atom. The Morgan fingerprint density at radius 1 is 1.38 bits per heavy atom. The van der Waals surface area contributed by atoms with E-state index in [0.717, 1.165) is 24.7 Å². The van der Waals surface area contributed by atoms with Crippen LogP contribution in [0.1, 0.15) is 39.5 Å². The number of allylic oxidation sites excluding steroid dienone is 2. The minimum atomic E-state index is 0.468. The summed E-state index contributed by atoms with van der Waals surface area (Å²) in [6.45, 7) is 4.17. The van der Waals surface area contributed by atoms with Crippen molar-refractivity contribution in [2.45, 2.75) is 51.7 Å². The second-order valence-corrected chi connectivity index (χ2v) is 3.69. The van der Waals surface area contributed by atoms with Crippen molar-refractivity contribution in [2.24, 2.45) is 0 Å². The summed E-state index contributed by atoms with van der Waals surface area (Å²) >= 11 is 0. The summed E-state index contributed by atoms with van der Waals surface area (Å²) in [6.07, 6.45) is 7.91. The van der Waals surface area contributed by atoms with Gasteiger partial charge in [-0.2, -0.15) is 0 Å². The number of carbonyl (C=O) groups is 1. The molecule has 0 aromatic carbocycles. The fourth-order valence-corrected chi connectivity index (χ4v) is 1.54. The lowest BCUT2D eigenvalue weighted by atomic mass is 10.1. The number of ether oxygens (including phenoxy) is 1. The van der Waals surface area contributed by atoms with Crippen LogP contribution in [0.15, 0.2) is 11.6 Å². The normalized spacial score (nSPS) is 27.4. The average Bonchev–Trinajstić information content (AvgIpc) is 2.82. The summed E-state index contributed by atoms with van der Waals surface area (Å²) in [4.78, 5) is 10.1. The van der Waals surface area contributed by atoms with Crippen molar-refractivity contribution in [1.29, 1.82) is 0 Å². The van der Waals surface area contributed by atoms with Gasteiger partial charge < -0.3 is 4.74 Å². The summed E-state index contributed by atoms with van der Waals surface area (Å²) in [5.74, 6) is 0. The first-order valence-electron chi connectivity index (χ1n) is 5.04. The smallest absolute Gasteiger partial charge is 0.142 e. The number of rotatable bonds is 6. The molecule has 1 rings (SSSR count). The van der Waals surface area contributed by atoms with Gasteiger partial charge in [0.05, 0.1) is 12.2 Å². The van der Waals surface area contributed by atoms with Gasteiger partial charge in [0.15, 0.2) is 0 Å². The minimum absolute atomic E-state index is 0.468. The van der Waals surface area contributed by atoms with Crippen LogP contribution in [-0.2, 0) is 9.53 Å². The van der Waals surface area contributed by atoms with Crippen LogP contribution in [0.2, 0.25) is 0 Å². The molecule has 0 spiro atoms. The molecule has 0 radical (unpaired) electrons. The van der Waals surface area contributed by atoms with Crippen molar-refractivity contribution < 1.29 is 9.53 Å². The molecule has 2 unspecified atom stereocenters. The molecule has 2 atom stereocenters. The van der Waals surface area contributed by atoms with Crippen LogP contribution in [0.5, 0.6) is 0 Å². The van der Waals surface area contributed by atoms with Crippen LogP contribution in [0.4, 0.5) is 0 Å². The molecule has 1 aliphatic rings. The highest BCUT2D eigenvalue weighted by molar-refractivity contribution is 5.65. The van der Waals surface area contributed by atoms with E-state index in [4.69, 9.17) is 4.74 Å². The highest BCUT2D eigenvalue weighted by Crippen LogP contribution is 2.31. The van der Waals surface area contributed by atoms with Crippen LogP contribution in [-0.4, -0.2) is 18.5 Å². The molecular weight excluding hydrogens is 164 g/mol. The maximum atomic E-state index is 10.1. The maximum Gasteiger partial charge on any atom is 0.142 e. The van der Waals surface area contributed by atoms with E-state index in [0.29, 0.717) is 12.2 Å². The van der Waals surface area contributed by atoms with Gasteiger partial charge >= 0.3 is 0 Å². The molecule has 0 aromatic rings. The predicted octanol–water partition coefficient (Wildman–Crippen LogP) is 2.48. The number of hydrogen-bond acceptors (Lipinski definition) is 2. The second kappa shape index (κ2) is 5.18. The second-order valence-electron chi connectivity index (χ2n) is 3.69. The molecule has 1 fully saturated rings. The topological polar surface area (TPSA) is 29.6 Å². The molecule has 0 saturated carbocycles. The number of epoxide rings is 1. The number of carbonyl (C=O) groups excluding carboxylic acids is 1. The molecule has 0 aliphatic carbocycles. The van der Waals surface area contributed by atoms with Crippen molar-refractivity contribution in [3.8, 4) is 0 Å². The molecular formula is C11H18O2. The Kier molecular flexibility index (Phi) is 4.16. The van der Waals surface area contributed by atoms with E-state index in [1.165, 1.54) is 12.8 Å². The number of aldehydes is 1. The first-order chi connectivity index (χ1) is 6.27. The van der Waals surface area contributed by atoms with E-state index in [-0.39, 0.29) is 0 Å². The molecule has 1 saturated heterocycles. The molecule has 0 N–H and O–H groups in total. The largest absolute Gasteiger partial charge is 0.370 e. The minimum Gasteiger partial charge on any atom is -0.370 e. The lowest BCUT2D eigenvalue weighted by Crippen LogP contribution is -1.94. The van der Waals surface area contributed by atoms with Crippen molar-refractivity contribution in [3.05, 3.63) is 11.6 Å². The summed E-state index contributed by atoms with van der Waals surface area (Å²) in [7, 11) is 0. The van der Waals surface area contributed by atoms with Gasteiger partial charge in [-0.25, -0.2) is 0 Å². The van der Waals surface area contributed by atoms with Gasteiger partial charge in [0.25, 0.3) is 0 Å². The zero-order valence-electron chi connectivity index (χ0n) is 8.45. The van der Waals surface area contributed by atoms with E-state index in [1.807, 2.05) is 6.92 Å². The van der Waals surface area contributed by atoms with Gasteiger partial charge in [0, 0.05) is 0 Å². The summed E-state index contributed by atoms with van der Waals surface area (Å²) in [6, 6.07) is 0. The SMILES string of the molecule is CCCC1OC1CCC(C)=CC=O. The molecule has 2 nitrogen and oxygen atoms in total. The van der Waals surface area contributed by atoms with Crippen molar-refractivity contribution in [2.75, 3.05) is 0 Å². The van der Waals surface area contributed by atoms with Gasteiger partial charge in [-0.15, -0.1) is 0 Å². The van der Waals surface area contributed by atoms with E-state index in [9.17, 15) is 4.79 Å². The third-order valence-electron chi connectivity index (χ3n) is 2.44. The molecule has 0 bridgehead atoms. The van der Waals surface area contributed by atoms with Crippen molar-refractivity contribution >= 4 is 6.29 Å². The lowest BCUT2D eigenvalue weighted by molar-refractivity contribution is -0.104. The summed E-state index contributed by atoms with van der Waals surface area (Å²) < 4.78 is 5.47. The third kappa shape index (κ3) is 3.73. The zero-order chi connectivity index (χ0) is 9.68. The van der Waals surface area contributed by atoms with Crippen LogP contribution in [0.3, 0.4) is 0 Å². The third-order valence-corrected chi connectivity index (χ3v) is 2.44. The van der Waals surface area contributed by atoms with Crippen LogP contribution >= 0.6 is 0 Å². The van der Waals surface area contributed by atoms with Crippen LogP contribution in [0, 0.1) is 0 Å². The molecule has 1 aliphatic heterocycles. The van der Waals surface area contributed by atoms with Gasteiger partial charge in [-0.1, -0.05) is 18.9 Å². The molecule has 13 heavy (non-hydrogen) atoms. The van der Waals surface area contributed by atoms with Gasteiger partial charge in [0.2, 0.25) is 0 Å². The van der Waals surface area contributed by atoms with Gasteiger partial charge in [-0.05, 0) is 32.3 Å². The van der Waals surface area contributed by atoms with Crippen molar-refractivity contribution in [1.82, 2.24) is 0 Å². The zero-order valence-corrected chi connectivity index (χ0v) is 8.45. The summed E-state index contributed by atoms with van der Waals surface area (Å²) in [5.41, 5.74) is 1.15. The first kappa shape index (κ1) is 10.5. The first-order valence-corrected chi connectivity index (χ1v) is 5.04. The molecule has 2 heteroatoms. The average molecular weight is 182 g/mol. The maximum absolute atomic E-state index is 10.1. The summed E-state index contributed by atoms with van der Waals surface area (Å²) in [5, 5.41) is 0. The van der Waals surface area contributed by atoms with E-state index in [1.54, 1.807) is 6.08 Å². The standard InChI is InChI=1S/C11H18O2/c1-3-4-10-11(13-10)6-5-9(2)7-8-12/h7-8,10-11H,3-6H2,1-2H3. The lowest BCUT2D eigenvalue weighted by Gasteiger charge is -1.95.